The summed E-state index contributed by atoms with van der Waals surface area (Å²) < 4.78 is 8.81. The predicted molar refractivity (Wildman–Crippen MR) is 296 cm³/mol. The van der Waals surface area contributed by atoms with E-state index in [1.807, 2.05) is 60.7 Å². The van der Waals surface area contributed by atoms with Crippen molar-refractivity contribution in [2.24, 2.45) is 0 Å². The van der Waals surface area contributed by atoms with Crippen molar-refractivity contribution in [1.82, 2.24) is 0 Å². The average Bonchev–Trinajstić information content (AvgIpc) is 3.79. The van der Waals surface area contributed by atoms with E-state index in [-0.39, 0.29) is 0 Å². The van der Waals surface area contributed by atoms with Gasteiger partial charge < -0.3 is 14.5 Å². The molecule has 10 aromatic rings. The van der Waals surface area contributed by atoms with E-state index >= 15 is 0 Å². The highest BCUT2D eigenvalue weighted by molar-refractivity contribution is 7.98. The van der Waals surface area contributed by atoms with E-state index in [0.717, 1.165) is 62.3 Å². The smallest absolute Gasteiger partial charge is 0.130 e. The molecule has 0 saturated carbocycles. The monoisotopic (exact) mass is 914 g/mol. The van der Waals surface area contributed by atoms with Gasteiger partial charge >= 0.3 is 0 Å². The molecule has 9 aromatic carbocycles. The van der Waals surface area contributed by atoms with Gasteiger partial charge in [-0.15, -0.1) is 23.1 Å². The Hall–Kier alpha value is -7.83. The highest BCUT2D eigenvalue weighted by Crippen LogP contribution is 2.50. The normalized spacial score (nSPS) is 11.6. The highest BCUT2D eigenvalue weighted by atomic mass is 32.2. The second-order valence-electron chi connectivity index (χ2n) is 16.5. The van der Waals surface area contributed by atoms with Crippen LogP contribution in [0, 0.1) is 6.92 Å². The summed E-state index contributed by atoms with van der Waals surface area (Å²) in [7, 11) is 0. The van der Waals surface area contributed by atoms with Crippen molar-refractivity contribution >= 4 is 83.0 Å². The molecule has 0 radical (unpaired) electrons. The van der Waals surface area contributed by atoms with Crippen molar-refractivity contribution in [3.8, 4) is 33.8 Å². The van der Waals surface area contributed by atoms with E-state index in [0.29, 0.717) is 0 Å². The van der Waals surface area contributed by atoms with Gasteiger partial charge in [-0.2, -0.15) is 0 Å². The van der Waals surface area contributed by atoms with Crippen molar-refractivity contribution in [1.29, 1.82) is 0 Å². The molecule has 68 heavy (non-hydrogen) atoms. The summed E-state index contributed by atoms with van der Waals surface area (Å²) in [4.78, 5) is 6.07. The van der Waals surface area contributed by atoms with Crippen LogP contribution in [-0.2, 0) is 0 Å². The fraction of sp³-hybridized carbons (Fsp3) is 0.0476. The predicted octanol–water partition coefficient (Wildman–Crippen LogP) is 19.3. The summed E-state index contributed by atoms with van der Waals surface area (Å²) in [5.74, 6) is 1.63. The molecular formula is C63H50N2OS2. The van der Waals surface area contributed by atoms with E-state index in [1.54, 1.807) is 11.8 Å². The van der Waals surface area contributed by atoms with Gasteiger partial charge in [-0.1, -0.05) is 152 Å². The second-order valence-corrected chi connectivity index (χ2v) is 18.4. The zero-order valence-electron chi connectivity index (χ0n) is 38.3. The fourth-order valence-corrected chi connectivity index (χ4v) is 10.8. The fourth-order valence-electron chi connectivity index (χ4n) is 8.93. The molecule has 0 spiro atoms. The third kappa shape index (κ3) is 8.90. The van der Waals surface area contributed by atoms with Crippen LogP contribution in [0.25, 0.3) is 48.0 Å². The maximum absolute atomic E-state index is 6.39. The third-order valence-corrected chi connectivity index (χ3v) is 14.3. The molecule has 3 nitrogen and oxygen atoms in total. The summed E-state index contributed by atoms with van der Waals surface area (Å²) >= 11 is 3.62. The van der Waals surface area contributed by atoms with Crippen molar-refractivity contribution in [2.45, 2.75) is 18.7 Å². The van der Waals surface area contributed by atoms with Crippen molar-refractivity contribution in [3.05, 3.63) is 254 Å². The Labute approximate surface area is 408 Å². The number of hydrogen-bond donors (Lipinski definition) is 0. The molecule has 10 rings (SSSR count). The first kappa shape index (κ1) is 44.0. The lowest BCUT2D eigenvalue weighted by Gasteiger charge is -2.28. The van der Waals surface area contributed by atoms with Gasteiger partial charge in [0.05, 0.1) is 16.1 Å². The molecule has 1 heterocycles. The molecule has 0 fully saturated rings. The molecule has 0 aliphatic rings. The second kappa shape index (κ2) is 20.0. The Morgan fingerprint density at radius 2 is 1.16 bits per heavy atom. The Morgan fingerprint density at radius 1 is 0.574 bits per heavy atom. The number of thiophene rings is 1. The summed E-state index contributed by atoms with van der Waals surface area (Å²) in [6, 6.07) is 76.0. The Bertz CT molecular complexity index is 3430. The first-order valence-electron chi connectivity index (χ1n) is 22.8. The zero-order chi connectivity index (χ0) is 46.4. The van der Waals surface area contributed by atoms with Crippen LogP contribution in [0.2, 0.25) is 0 Å². The van der Waals surface area contributed by atoms with Crippen molar-refractivity contribution in [2.75, 3.05) is 16.1 Å². The van der Waals surface area contributed by atoms with Crippen molar-refractivity contribution in [3.63, 3.8) is 0 Å². The molecule has 0 aliphatic heterocycles. The molecule has 0 amide bonds. The van der Waals surface area contributed by atoms with Crippen LogP contribution in [0.15, 0.2) is 248 Å². The number of anilines is 6. The Morgan fingerprint density at radius 3 is 1.84 bits per heavy atom. The number of nitrogens with zero attached hydrogens (tertiary/aromatic N) is 2. The average molecular weight is 915 g/mol. The molecular weight excluding hydrogens is 865 g/mol. The van der Waals surface area contributed by atoms with Gasteiger partial charge in [0.2, 0.25) is 0 Å². The lowest BCUT2D eigenvalue weighted by atomic mass is 10.0. The minimum atomic E-state index is 0.808. The first-order valence-corrected chi connectivity index (χ1v) is 24.9. The molecule has 0 saturated heterocycles. The van der Waals surface area contributed by atoms with E-state index in [1.165, 1.54) is 47.3 Å². The third-order valence-electron chi connectivity index (χ3n) is 12.3. The lowest BCUT2D eigenvalue weighted by Crippen LogP contribution is -2.11. The lowest BCUT2D eigenvalue weighted by molar-refractivity contribution is 0.479. The minimum Gasteiger partial charge on any atom is -0.457 e. The number of allylic oxidation sites excluding steroid dienone is 5. The molecule has 5 heteroatoms. The summed E-state index contributed by atoms with van der Waals surface area (Å²) in [5, 5.41) is 2.39. The van der Waals surface area contributed by atoms with E-state index < -0.39 is 0 Å². The number of thioether (sulfide) groups is 1. The van der Waals surface area contributed by atoms with E-state index in [2.05, 4.69) is 224 Å². The van der Waals surface area contributed by atoms with Crippen LogP contribution in [0.5, 0.6) is 11.5 Å². The van der Waals surface area contributed by atoms with Gasteiger partial charge in [0.25, 0.3) is 0 Å². The van der Waals surface area contributed by atoms with E-state index in [4.69, 9.17) is 4.74 Å². The molecule has 330 valence electrons. The largest absolute Gasteiger partial charge is 0.457 e. The Balaban J connectivity index is 1.13. The molecule has 0 N–H and O–H groups in total. The van der Waals surface area contributed by atoms with E-state index in [9.17, 15) is 0 Å². The van der Waals surface area contributed by atoms with Crippen molar-refractivity contribution < 1.29 is 4.74 Å². The maximum atomic E-state index is 6.39. The summed E-state index contributed by atoms with van der Waals surface area (Å²) in [6.45, 7) is 8.26. The maximum Gasteiger partial charge on any atom is 0.130 e. The molecule has 1 aromatic heterocycles. The highest BCUT2D eigenvalue weighted by Gasteiger charge is 2.23. The Kier molecular flexibility index (Phi) is 12.9. The van der Waals surface area contributed by atoms with Crippen LogP contribution in [0.3, 0.4) is 0 Å². The van der Waals surface area contributed by atoms with Gasteiger partial charge in [-0.3, -0.25) is 0 Å². The SMILES string of the molecule is C=C/C(=C\C=C/C)c1ccc(N(c2ccc(Oc3ccccc3)c(C)c2)c2cccc3sc4c(N(c5ccc(-c6ccccc6)cc5)c5ccc(-c6ccccc6SC)cc5)cccc4c23)cc1. The standard InChI is InChI=1S/C63H50N2OS2/c1-5-7-18-45(6-2)47-29-35-52(36-30-47)65(53-41-42-59(44(3)43-53)66-54-21-12-9-13-22-54)57-25-17-28-61-62(57)56-24-16-26-58(63(56)68-61)64(50-37-31-48(32-38-50)46-19-10-8-11-20-46)51-39-33-49(34-40-51)55-23-14-15-27-60(55)67-4/h5-43H,2H2,1,3-4H3/b7-5-,45-18+. The van der Waals surface area contributed by atoms with Crippen LogP contribution in [0.4, 0.5) is 34.1 Å². The number of hydrogen-bond acceptors (Lipinski definition) is 5. The number of rotatable bonds is 14. The number of para-hydroxylation sites is 1. The molecule has 0 unspecified atom stereocenters. The van der Waals surface area contributed by atoms with Gasteiger partial charge in [-0.25, -0.2) is 0 Å². The van der Waals surface area contributed by atoms with Gasteiger partial charge in [0.15, 0.2) is 0 Å². The van der Waals surface area contributed by atoms with Crippen LogP contribution >= 0.6 is 23.1 Å². The van der Waals surface area contributed by atoms with Crippen LogP contribution in [-0.4, -0.2) is 6.26 Å². The number of fused-ring (bicyclic) bond motifs is 3. The van der Waals surface area contributed by atoms with Gasteiger partial charge in [-0.05, 0) is 150 Å². The summed E-state index contributed by atoms with van der Waals surface area (Å²) in [6.07, 6.45) is 10.2. The molecule has 0 aliphatic carbocycles. The zero-order valence-corrected chi connectivity index (χ0v) is 40.0. The molecule has 0 atom stereocenters. The van der Waals surface area contributed by atoms with Gasteiger partial charge in [0.1, 0.15) is 11.5 Å². The number of ether oxygens (including phenoxy) is 1. The topological polar surface area (TPSA) is 15.7 Å². The first-order chi connectivity index (χ1) is 33.5. The number of benzene rings is 9. The van der Waals surface area contributed by atoms with Crippen LogP contribution < -0.4 is 14.5 Å². The summed E-state index contributed by atoms with van der Waals surface area (Å²) in [5.41, 5.74) is 14.5. The number of aryl methyl sites for hydroxylation is 1. The van der Waals surface area contributed by atoms with Crippen LogP contribution in [0.1, 0.15) is 18.1 Å². The molecule has 0 bridgehead atoms. The minimum absolute atomic E-state index is 0.808. The van der Waals surface area contributed by atoms with Gasteiger partial charge in [0, 0.05) is 43.1 Å². The quantitative estimate of drug-likeness (QED) is 0.0797.